The minimum Gasteiger partial charge on any atom is -0.497 e. The number of amides is 1. The maximum atomic E-state index is 11.9. The molecule has 1 aromatic rings. The largest absolute Gasteiger partial charge is 0.497 e. The highest BCUT2D eigenvalue weighted by Crippen LogP contribution is 2.26. The van der Waals surface area contributed by atoms with E-state index in [1.165, 1.54) is 0 Å². The lowest BCUT2D eigenvalue weighted by Gasteiger charge is -2.21. The van der Waals surface area contributed by atoms with E-state index in [2.05, 4.69) is 6.58 Å². The number of carbonyl (C=O) groups is 1. The van der Waals surface area contributed by atoms with Crippen molar-refractivity contribution in [2.45, 2.75) is 32.5 Å². The Morgan fingerprint density at radius 2 is 2.26 bits per heavy atom. The van der Waals surface area contributed by atoms with Gasteiger partial charge in [-0.05, 0) is 37.1 Å². The van der Waals surface area contributed by atoms with Crippen molar-refractivity contribution in [2.24, 2.45) is 0 Å². The first-order valence-electron chi connectivity index (χ1n) is 6.28. The Morgan fingerprint density at radius 3 is 2.84 bits per heavy atom. The molecule has 4 heteroatoms. The van der Waals surface area contributed by atoms with Gasteiger partial charge in [0.15, 0.2) is 0 Å². The van der Waals surface area contributed by atoms with E-state index >= 15 is 0 Å². The van der Waals surface area contributed by atoms with Gasteiger partial charge in [-0.2, -0.15) is 0 Å². The summed E-state index contributed by atoms with van der Waals surface area (Å²) in [7, 11) is 1.63. The van der Waals surface area contributed by atoms with Crippen LogP contribution in [0.5, 0.6) is 5.75 Å². The molecule has 1 amide bonds. The third-order valence-corrected chi connectivity index (χ3v) is 3.36. The number of rotatable bonds is 4. The van der Waals surface area contributed by atoms with E-state index < -0.39 is 0 Å². The summed E-state index contributed by atoms with van der Waals surface area (Å²) in [6.45, 7) is 8.24. The predicted octanol–water partition coefficient (Wildman–Crippen LogP) is 2.98. The predicted molar refractivity (Wildman–Crippen MR) is 73.1 cm³/mol. The van der Waals surface area contributed by atoms with E-state index in [9.17, 15) is 4.79 Å². The zero-order valence-electron chi connectivity index (χ0n) is 11.6. The Kier molecular flexibility index (Phi) is 3.79. The molecule has 0 aliphatic carbocycles. The van der Waals surface area contributed by atoms with Gasteiger partial charge in [-0.15, -0.1) is 0 Å². The first kappa shape index (κ1) is 13.5. The molecule has 2 rings (SSSR count). The van der Waals surface area contributed by atoms with Gasteiger partial charge in [0.25, 0.3) is 0 Å². The van der Waals surface area contributed by atoms with Crippen molar-refractivity contribution in [1.29, 1.82) is 0 Å². The number of carbonyl (C=O) groups excluding carboxylic acids is 1. The first-order valence-corrected chi connectivity index (χ1v) is 6.28. The van der Waals surface area contributed by atoms with Gasteiger partial charge >= 0.3 is 6.09 Å². The second-order valence-electron chi connectivity index (χ2n) is 4.87. The van der Waals surface area contributed by atoms with Crippen LogP contribution in [0.1, 0.15) is 19.4 Å². The molecule has 1 saturated heterocycles. The molecule has 1 aromatic carbocycles. The van der Waals surface area contributed by atoms with Gasteiger partial charge in [0.2, 0.25) is 0 Å². The molecule has 0 saturated carbocycles. The van der Waals surface area contributed by atoms with E-state index in [4.69, 9.17) is 9.47 Å². The van der Waals surface area contributed by atoms with Crippen molar-refractivity contribution in [1.82, 2.24) is 4.90 Å². The van der Waals surface area contributed by atoms with Gasteiger partial charge in [0.05, 0.1) is 13.2 Å². The van der Waals surface area contributed by atoms with Crippen molar-refractivity contribution < 1.29 is 14.3 Å². The SMILES string of the molecule is C=C(C)[C@H]1OC(=O)N(Cc2cccc(OC)c2)[C@@H]1C. The monoisotopic (exact) mass is 261 g/mol. The van der Waals surface area contributed by atoms with Crippen LogP contribution >= 0.6 is 0 Å². The number of ether oxygens (including phenoxy) is 2. The highest BCUT2D eigenvalue weighted by molar-refractivity contribution is 5.71. The van der Waals surface area contributed by atoms with Crippen LogP contribution in [0.3, 0.4) is 0 Å². The third-order valence-electron chi connectivity index (χ3n) is 3.36. The second kappa shape index (κ2) is 5.34. The lowest BCUT2D eigenvalue weighted by atomic mass is 10.1. The molecule has 102 valence electrons. The van der Waals surface area contributed by atoms with Crippen molar-refractivity contribution in [3.05, 3.63) is 42.0 Å². The summed E-state index contributed by atoms with van der Waals surface area (Å²) >= 11 is 0. The molecule has 0 spiro atoms. The lowest BCUT2D eigenvalue weighted by Crippen LogP contribution is -2.33. The molecule has 0 unspecified atom stereocenters. The van der Waals surface area contributed by atoms with Gasteiger partial charge in [-0.25, -0.2) is 4.79 Å². The van der Waals surface area contributed by atoms with E-state index in [0.717, 1.165) is 16.9 Å². The van der Waals surface area contributed by atoms with Crippen molar-refractivity contribution in [3.63, 3.8) is 0 Å². The maximum Gasteiger partial charge on any atom is 0.411 e. The number of hydrogen-bond acceptors (Lipinski definition) is 3. The topological polar surface area (TPSA) is 38.8 Å². The molecule has 1 aliphatic rings. The third kappa shape index (κ3) is 2.72. The molecule has 1 heterocycles. The van der Waals surface area contributed by atoms with Crippen LogP contribution in [0.25, 0.3) is 0 Å². The smallest absolute Gasteiger partial charge is 0.411 e. The van der Waals surface area contributed by atoms with Crippen LogP contribution in [0.4, 0.5) is 4.79 Å². The summed E-state index contributed by atoms with van der Waals surface area (Å²) in [6.07, 6.45) is -0.513. The van der Waals surface area contributed by atoms with Crippen LogP contribution in [0, 0.1) is 0 Å². The zero-order chi connectivity index (χ0) is 14.0. The molecule has 4 nitrogen and oxygen atoms in total. The number of benzene rings is 1. The van der Waals surface area contributed by atoms with Crippen LogP contribution < -0.4 is 4.74 Å². The molecule has 0 bridgehead atoms. The summed E-state index contributed by atoms with van der Waals surface area (Å²) in [6, 6.07) is 7.68. The molecule has 0 N–H and O–H groups in total. The second-order valence-corrected chi connectivity index (χ2v) is 4.87. The summed E-state index contributed by atoms with van der Waals surface area (Å²) in [5.41, 5.74) is 1.89. The van der Waals surface area contributed by atoms with E-state index in [0.29, 0.717) is 6.54 Å². The fourth-order valence-electron chi connectivity index (χ4n) is 2.29. The lowest BCUT2D eigenvalue weighted by molar-refractivity contribution is 0.141. The Bertz CT molecular complexity index is 498. The molecular formula is C15H19NO3. The molecule has 1 fully saturated rings. The van der Waals surface area contributed by atoms with Gasteiger partial charge in [0.1, 0.15) is 11.9 Å². The summed E-state index contributed by atoms with van der Waals surface area (Å²) in [5.74, 6) is 0.786. The minimum atomic E-state index is -0.289. The van der Waals surface area contributed by atoms with Gasteiger partial charge in [-0.3, -0.25) is 4.90 Å². The Labute approximate surface area is 113 Å². The molecule has 0 aromatic heterocycles. The van der Waals surface area contributed by atoms with Crippen LogP contribution in [-0.4, -0.2) is 30.2 Å². The number of cyclic esters (lactones) is 1. The van der Waals surface area contributed by atoms with Crippen molar-refractivity contribution >= 4 is 6.09 Å². The summed E-state index contributed by atoms with van der Waals surface area (Å²) in [4.78, 5) is 13.6. The number of hydrogen-bond donors (Lipinski definition) is 0. The summed E-state index contributed by atoms with van der Waals surface area (Å²) in [5, 5.41) is 0. The van der Waals surface area contributed by atoms with Gasteiger partial charge in [-0.1, -0.05) is 18.7 Å². The van der Waals surface area contributed by atoms with E-state index in [-0.39, 0.29) is 18.2 Å². The molecule has 2 atom stereocenters. The van der Waals surface area contributed by atoms with Crippen molar-refractivity contribution in [2.75, 3.05) is 7.11 Å². The van der Waals surface area contributed by atoms with Crippen LogP contribution in [0.15, 0.2) is 36.4 Å². The molecular weight excluding hydrogens is 242 g/mol. The first-order chi connectivity index (χ1) is 9.02. The average Bonchev–Trinajstić information content (AvgIpc) is 2.67. The Balaban J connectivity index is 2.14. The average molecular weight is 261 g/mol. The van der Waals surface area contributed by atoms with E-state index in [1.807, 2.05) is 38.1 Å². The Morgan fingerprint density at radius 1 is 1.53 bits per heavy atom. The van der Waals surface area contributed by atoms with Gasteiger partial charge in [0, 0.05) is 6.54 Å². The maximum absolute atomic E-state index is 11.9. The highest BCUT2D eigenvalue weighted by atomic mass is 16.6. The fraction of sp³-hybridized carbons (Fsp3) is 0.400. The summed E-state index contributed by atoms with van der Waals surface area (Å²) < 4.78 is 10.5. The van der Waals surface area contributed by atoms with Crippen LogP contribution in [0.2, 0.25) is 0 Å². The quantitative estimate of drug-likeness (QED) is 0.782. The number of nitrogens with zero attached hydrogens (tertiary/aromatic N) is 1. The molecule has 1 aliphatic heterocycles. The zero-order valence-corrected chi connectivity index (χ0v) is 11.6. The fourth-order valence-corrected chi connectivity index (χ4v) is 2.29. The standard InChI is InChI=1S/C15H19NO3/c1-10(2)14-11(3)16(15(17)19-14)9-12-6-5-7-13(8-12)18-4/h5-8,11,14H,1,9H2,2-4H3/t11-,14-/m1/s1. The number of methoxy groups -OCH3 is 1. The van der Waals surface area contributed by atoms with Gasteiger partial charge < -0.3 is 9.47 Å². The molecule has 19 heavy (non-hydrogen) atoms. The highest BCUT2D eigenvalue weighted by Gasteiger charge is 2.38. The normalized spacial score (nSPS) is 22.3. The van der Waals surface area contributed by atoms with Crippen molar-refractivity contribution in [3.8, 4) is 5.75 Å². The molecule has 0 radical (unpaired) electrons. The van der Waals surface area contributed by atoms with Crippen LogP contribution in [-0.2, 0) is 11.3 Å². The van der Waals surface area contributed by atoms with E-state index in [1.54, 1.807) is 12.0 Å². The minimum absolute atomic E-state index is 0.00352. The Hall–Kier alpha value is -1.97.